The molecule has 25 heavy (non-hydrogen) atoms. The summed E-state index contributed by atoms with van der Waals surface area (Å²) in [5.74, 6) is -1.47. The summed E-state index contributed by atoms with van der Waals surface area (Å²) in [4.78, 5) is 26.1. The van der Waals surface area contributed by atoms with Gasteiger partial charge in [0.2, 0.25) is 5.91 Å². The predicted octanol–water partition coefficient (Wildman–Crippen LogP) is 3.65. The van der Waals surface area contributed by atoms with E-state index in [1.54, 1.807) is 12.1 Å². The molecule has 0 fully saturated rings. The number of hydrogen-bond acceptors (Lipinski definition) is 3. The normalized spacial score (nSPS) is 17.8. The lowest BCUT2D eigenvalue weighted by atomic mass is 9.83. The third-order valence-corrected chi connectivity index (χ3v) is 4.34. The molecule has 0 saturated heterocycles. The highest BCUT2D eigenvalue weighted by molar-refractivity contribution is 5.82. The van der Waals surface area contributed by atoms with E-state index in [0.29, 0.717) is 0 Å². The van der Waals surface area contributed by atoms with Gasteiger partial charge in [-0.15, -0.1) is 0 Å². The van der Waals surface area contributed by atoms with Crippen molar-refractivity contribution < 1.29 is 27.5 Å². The fourth-order valence-corrected chi connectivity index (χ4v) is 3.27. The maximum Gasteiger partial charge on any atom is 0.389 e. The second-order valence-corrected chi connectivity index (χ2v) is 7.18. The highest BCUT2D eigenvalue weighted by Crippen LogP contribution is 2.37. The Kier molecular flexibility index (Phi) is 5.44. The molecule has 1 aliphatic rings. The van der Waals surface area contributed by atoms with Gasteiger partial charge in [-0.25, -0.2) is 0 Å². The van der Waals surface area contributed by atoms with E-state index in [4.69, 9.17) is 4.74 Å². The zero-order chi connectivity index (χ0) is 18.8. The summed E-state index contributed by atoms with van der Waals surface area (Å²) in [6, 6.07) is 7.23. The van der Waals surface area contributed by atoms with Gasteiger partial charge in [-0.2, -0.15) is 13.2 Å². The lowest BCUT2D eigenvalue weighted by molar-refractivity contribution is -0.159. The number of fused-ring (bicyclic) bond motifs is 1. The van der Waals surface area contributed by atoms with Crippen LogP contribution >= 0.6 is 0 Å². The van der Waals surface area contributed by atoms with E-state index < -0.39 is 35.8 Å². The fourth-order valence-electron chi connectivity index (χ4n) is 3.27. The molecule has 138 valence electrons. The number of alkyl halides is 3. The Labute approximate surface area is 144 Å². The molecule has 0 radical (unpaired) electrons. The summed E-state index contributed by atoms with van der Waals surface area (Å²) in [6.07, 6.45) is -5.59. The van der Waals surface area contributed by atoms with Crippen LogP contribution in [-0.4, -0.2) is 36.6 Å². The molecule has 0 spiro atoms. The van der Waals surface area contributed by atoms with Gasteiger partial charge in [0.1, 0.15) is 0 Å². The van der Waals surface area contributed by atoms with Crippen LogP contribution in [0.4, 0.5) is 13.2 Å². The number of halogens is 3. The van der Waals surface area contributed by atoms with Crippen molar-refractivity contribution in [3.05, 3.63) is 35.4 Å². The van der Waals surface area contributed by atoms with E-state index in [0.717, 1.165) is 11.1 Å². The summed E-state index contributed by atoms with van der Waals surface area (Å²) >= 11 is 0. The zero-order valence-electron chi connectivity index (χ0n) is 14.5. The van der Waals surface area contributed by atoms with Crippen molar-refractivity contribution in [2.75, 3.05) is 13.7 Å². The highest BCUT2D eigenvalue weighted by atomic mass is 19.4. The Balaban J connectivity index is 2.18. The SMILES string of the molecule is COC(=O)C1CN(C(=O)CC(C)(C)CC(F)(F)F)Cc2ccccc21. The number of esters is 1. The number of benzene rings is 1. The molecule has 1 atom stereocenters. The average Bonchev–Trinajstić information content (AvgIpc) is 2.50. The van der Waals surface area contributed by atoms with Gasteiger partial charge in [-0.05, 0) is 16.5 Å². The van der Waals surface area contributed by atoms with Crippen LogP contribution in [0.25, 0.3) is 0 Å². The third kappa shape index (κ3) is 4.96. The lowest BCUT2D eigenvalue weighted by Crippen LogP contribution is -2.42. The predicted molar refractivity (Wildman–Crippen MR) is 85.7 cm³/mol. The van der Waals surface area contributed by atoms with Crippen LogP contribution in [0.5, 0.6) is 0 Å². The molecule has 7 heteroatoms. The van der Waals surface area contributed by atoms with Crippen molar-refractivity contribution in [1.82, 2.24) is 4.90 Å². The smallest absolute Gasteiger partial charge is 0.389 e. The molecule has 0 aromatic heterocycles. The molecule has 1 heterocycles. The molecule has 0 saturated carbocycles. The van der Waals surface area contributed by atoms with E-state index in [9.17, 15) is 22.8 Å². The van der Waals surface area contributed by atoms with Gasteiger partial charge in [0.05, 0.1) is 13.0 Å². The quantitative estimate of drug-likeness (QED) is 0.773. The van der Waals surface area contributed by atoms with Crippen molar-refractivity contribution >= 4 is 11.9 Å². The van der Waals surface area contributed by atoms with Gasteiger partial charge in [-0.1, -0.05) is 38.1 Å². The average molecular weight is 357 g/mol. The van der Waals surface area contributed by atoms with E-state index in [1.807, 2.05) is 12.1 Å². The first-order chi connectivity index (χ1) is 11.5. The highest BCUT2D eigenvalue weighted by Gasteiger charge is 2.40. The Morgan fingerprint density at radius 2 is 1.88 bits per heavy atom. The number of carbonyl (C=O) groups is 2. The molecule has 1 aliphatic heterocycles. The molecule has 4 nitrogen and oxygen atoms in total. The third-order valence-electron chi connectivity index (χ3n) is 4.34. The van der Waals surface area contributed by atoms with Gasteiger partial charge in [-0.3, -0.25) is 9.59 Å². The van der Waals surface area contributed by atoms with E-state index in [1.165, 1.54) is 25.9 Å². The van der Waals surface area contributed by atoms with E-state index in [-0.39, 0.29) is 19.5 Å². The molecule has 1 aromatic carbocycles. The largest absolute Gasteiger partial charge is 0.468 e. The topological polar surface area (TPSA) is 46.6 Å². The van der Waals surface area contributed by atoms with E-state index >= 15 is 0 Å². The second kappa shape index (κ2) is 7.06. The maximum absolute atomic E-state index is 12.7. The molecule has 1 amide bonds. The van der Waals surface area contributed by atoms with E-state index in [2.05, 4.69) is 0 Å². The zero-order valence-corrected chi connectivity index (χ0v) is 14.5. The number of carbonyl (C=O) groups excluding carboxylic acids is 2. The molecule has 1 aromatic rings. The van der Waals surface area contributed by atoms with Crippen LogP contribution < -0.4 is 0 Å². The summed E-state index contributed by atoms with van der Waals surface area (Å²) < 4.78 is 42.8. The first-order valence-electron chi connectivity index (χ1n) is 8.02. The van der Waals surface area contributed by atoms with Gasteiger partial charge < -0.3 is 9.64 Å². The number of ether oxygens (including phenoxy) is 1. The summed E-state index contributed by atoms with van der Waals surface area (Å²) in [6.45, 7) is 3.25. The van der Waals surface area contributed by atoms with Crippen LogP contribution in [0, 0.1) is 5.41 Å². The monoisotopic (exact) mass is 357 g/mol. The Morgan fingerprint density at radius 3 is 2.48 bits per heavy atom. The molecular formula is C18H22F3NO3. The summed E-state index contributed by atoms with van der Waals surface area (Å²) in [5, 5.41) is 0. The minimum Gasteiger partial charge on any atom is -0.468 e. The lowest BCUT2D eigenvalue weighted by Gasteiger charge is -2.35. The van der Waals surface area contributed by atoms with Gasteiger partial charge in [0.15, 0.2) is 0 Å². The number of amides is 1. The minimum absolute atomic E-state index is 0.116. The molecule has 0 N–H and O–H groups in total. The maximum atomic E-state index is 12.7. The molecular weight excluding hydrogens is 335 g/mol. The number of rotatable bonds is 4. The van der Waals surface area contributed by atoms with Crippen LogP contribution in [0.2, 0.25) is 0 Å². The summed E-state index contributed by atoms with van der Waals surface area (Å²) in [7, 11) is 1.28. The Hall–Kier alpha value is -2.05. The van der Waals surface area contributed by atoms with Crippen LogP contribution in [0.3, 0.4) is 0 Å². The fraction of sp³-hybridized carbons (Fsp3) is 0.556. The minimum atomic E-state index is -4.33. The summed E-state index contributed by atoms with van der Waals surface area (Å²) in [5.41, 5.74) is 0.409. The molecule has 2 rings (SSSR count). The van der Waals surface area contributed by atoms with Crippen LogP contribution in [0.1, 0.15) is 43.7 Å². The van der Waals surface area contributed by atoms with Gasteiger partial charge in [0, 0.05) is 25.9 Å². The first-order valence-corrected chi connectivity index (χ1v) is 8.02. The van der Waals surface area contributed by atoms with Crippen molar-refractivity contribution in [3.8, 4) is 0 Å². The molecule has 1 unspecified atom stereocenters. The van der Waals surface area contributed by atoms with Crippen molar-refractivity contribution in [3.63, 3.8) is 0 Å². The van der Waals surface area contributed by atoms with Gasteiger partial charge >= 0.3 is 12.1 Å². The first kappa shape index (κ1) is 19.3. The van der Waals surface area contributed by atoms with Crippen molar-refractivity contribution in [2.45, 2.75) is 45.3 Å². The number of hydrogen-bond donors (Lipinski definition) is 0. The van der Waals surface area contributed by atoms with Gasteiger partial charge in [0.25, 0.3) is 0 Å². The van der Waals surface area contributed by atoms with Crippen molar-refractivity contribution in [1.29, 1.82) is 0 Å². The number of nitrogens with zero attached hydrogens (tertiary/aromatic N) is 1. The number of methoxy groups -OCH3 is 1. The van der Waals surface area contributed by atoms with Crippen LogP contribution in [0.15, 0.2) is 24.3 Å². The Morgan fingerprint density at radius 1 is 1.24 bits per heavy atom. The molecule has 0 aliphatic carbocycles. The van der Waals surface area contributed by atoms with Crippen LogP contribution in [-0.2, 0) is 20.9 Å². The Bertz CT molecular complexity index is 655. The standard InChI is InChI=1S/C18H22F3NO3/c1-17(2,11-18(19,20)21)8-15(23)22-9-12-6-4-5-7-13(12)14(10-22)16(24)25-3/h4-7,14H,8-11H2,1-3H3. The van der Waals surface area contributed by atoms with Crippen molar-refractivity contribution in [2.24, 2.45) is 5.41 Å². The second-order valence-electron chi connectivity index (χ2n) is 7.18. The molecule has 0 bridgehead atoms.